The average Bonchev–Trinajstić information content (AvgIpc) is 2.97. The van der Waals surface area contributed by atoms with Gasteiger partial charge in [-0.2, -0.15) is 0 Å². The molecule has 1 N–H and O–H groups in total. The third-order valence-electron chi connectivity index (χ3n) is 4.91. The molecular weight excluding hydrogens is 350 g/mol. The summed E-state index contributed by atoms with van der Waals surface area (Å²) in [6, 6.07) is 11.5. The minimum Gasteiger partial charge on any atom is -0.491 e. The Morgan fingerprint density at radius 3 is 2.85 bits per heavy atom. The molecule has 1 fully saturated rings. The first kappa shape index (κ1) is 19.3. The fourth-order valence-electron chi connectivity index (χ4n) is 3.42. The lowest BCUT2D eigenvalue weighted by Crippen LogP contribution is -2.37. The maximum atomic E-state index is 10.9. The van der Waals surface area contributed by atoms with Gasteiger partial charge in [0.2, 0.25) is 0 Å². The van der Waals surface area contributed by atoms with Gasteiger partial charge in [0.1, 0.15) is 23.9 Å². The van der Waals surface area contributed by atoms with Crippen molar-refractivity contribution in [1.82, 2.24) is 4.90 Å². The van der Waals surface area contributed by atoms with Gasteiger partial charge in [-0.3, -0.25) is 4.90 Å². The lowest BCUT2D eigenvalue weighted by molar-refractivity contribution is -0.0169. The summed E-state index contributed by atoms with van der Waals surface area (Å²) in [5.74, 6) is 2.77. The van der Waals surface area contributed by atoms with Crippen molar-refractivity contribution in [2.45, 2.75) is 51.2 Å². The molecule has 0 amide bonds. The molecule has 1 aromatic heterocycles. The van der Waals surface area contributed by atoms with Crippen LogP contribution in [0.3, 0.4) is 0 Å². The minimum absolute atomic E-state index is 0.294. The monoisotopic (exact) mass is 377 g/mol. The van der Waals surface area contributed by atoms with E-state index in [1.54, 1.807) is 6.07 Å². The molecule has 0 aliphatic carbocycles. The van der Waals surface area contributed by atoms with E-state index in [0.717, 1.165) is 56.8 Å². The fourth-order valence-corrected chi connectivity index (χ4v) is 3.60. The summed E-state index contributed by atoms with van der Waals surface area (Å²) in [6.07, 6.45) is 4.45. The molecule has 3 rings (SSSR count). The van der Waals surface area contributed by atoms with Crippen LogP contribution >= 0.6 is 11.6 Å². The van der Waals surface area contributed by atoms with Crippen molar-refractivity contribution in [1.29, 1.82) is 0 Å². The maximum Gasteiger partial charge on any atom is 0.120 e. The normalized spacial score (nSPS) is 21.5. The molecule has 0 radical (unpaired) electrons. The second kappa shape index (κ2) is 8.94. The molecule has 2 heterocycles. The van der Waals surface area contributed by atoms with Gasteiger partial charge >= 0.3 is 0 Å². The predicted molar refractivity (Wildman–Crippen MR) is 104 cm³/mol. The Bertz CT molecular complexity index is 702. The number of benzene rings is 1. The summed E-state index contributed by atoms with van der Waals surface area (Å²) in [4.78, 5) is 2.35. The number of ether oxygens (including phenoxy) is 1. The van der Waals surface area contributed by atoms with Crippen molar-refractivity contribution in [3.8, 4) is 5.75 Å². The highest BCUT2D eigenvalue weighted by Gasteiger charge is 2.31. The Morgan fingerprint density at radius 1 is 1.19 bits per heavy atom. The lowest BCUT2D eigenvalue weighted by Gasteiger charge is -2.27. The third kappa shape index (κ3) is 5.50. The number of aliphatic hydroxyl groups is 1. The molecule has 2 aromatic rings. The first-order valence-electron chi connectivity index (χ1n) is 9.47. The summed E-state index contributed by atoms with van der Waals surface area (Å²) < 4.78 is 11.7. The van der Waals surface area contributed by atoms with E-state index in [9.17, 15) is 5.11 Å². The molecule has 1 aliphatic heterocycles. The van der Waals surface area contributed by atoms with Crippen LogP contribution < -0.4 is 4.74 Å². The second-order valence-corrected chi connectivity index (χ2v) is 7.65. The van der Waals surface area contributed by atoms with E-state index in [4.69, 9.17) is 20.8 Å². The van der Waals surface area contributed by atoms with Crippen LogP contribution in [0.5, 0.6) is 5.75 Å². The summed E-state index contributed by atoms with van der Waals surface area (Å²) in [5, 5.41) is 11.6. The molecule has 1 saturated heterocycles. The van der Waals surface area contributed by atoms with E-state index in [1.165, 1.54) is 0 Å². The zero-order chi connectivity index (χ0) is 18.4. The van der Waals surface area contributed by atoms with Gasteiger partial charge < -0.3 is 14.3 Å². The number of furan rings is 1. The van der Waals surface area contributed by atoms with Crippen molar-refractivity contribution in [2.24, 2.45) is 0 Å². The fraction of sp³-hybridized carbons (Fsp3) is 0.524. The van der Waals surface area contributed by atoms with Gasteiger partial charge in [0.05, 0.1) is 12.1 Å². The molecule has 142 valence electrons. The zero-order valence-electron chi connectivity index (χ0n) is 15.4. The van der Waals surface area contributed by atoms with Crippen LogP contribution in [0.15, 0.2) is 40.8 Å². The topological polar surface area (TPSA) is 45.8 Å². The third-order valence-corrected chi connectivity index (χ3v) is 5.14. The first-order chi connectivity index (χ1) is 12.6. The lowest BCUT2D eigenvalue weighted by atomic mass is 9.96. The molecule has 4 nitrogen and oxygen atoms in total. The average molecular weight is 378 g/mol. The highest BCUT2D eigenvalue weighted by molar-refractivity contribution is 6.30. The predicted octanol–water partition coefficient (Wildman–Crippen LogP) is 4.68. The molecule has 5 heteroatoms. The first-order valence-corrected chi connectivity index (χ1v) is 9.85. The van der Waals surface area contributed by atoms with Crippen LogP contribution in [-0.2, 0) is 13.0 Å². The van der Waals surface area contributed by atoms with Crippen LogP contribution in [0.25, 0.3) is 0 Å². The van der Waals surface area contributed by atoms with E-state index < -0.39 is 5.60 Å². The Labute approximate surface area is 160 Å². The zero-order valence-corrected chi connectivity index (χ0v) is 16.2. The molecule has 0 saturated carbocycles. The summed E-state index contributed by atoms with van der Waals surface area (Å²) >= 11 is 5.99. The smallest absolute Gasteiger partial charge is 0.120 e. The number of rotatable bonds is 7. The Kier molecular flexibility index (Phi) is 6.63. The van der Waals surface area contributed by atoms with Crippen LogP contribution in [0.1, 0.15) is 44.1 Å². The highest BCUT2D eigenvalue weighted by Crippen LogP contribution is 2.26. The van der Waals surface area contributed by atoms with Gasteiger partial charge in [-0.05, 0) is 62.6 Å². The van der Waals surface area contributed by atoms with Crippen molar-refractivity contribution in [3.05, 3.63) is 52.9 Å². The van der Waals surface area contributed by atoms with E-state index in [1.807, 2.05) is 18.2 Å². The summed E-state index contributed by atoms with van der Waals surface area (Å²) in [6.45, 7) is 5.04. The number of likely N-dealkylation sites (tertiary alicyclic amines) is 1. The van der Waals surface area contributed by atoms with Crippen LogP contribution in [0, 0.1) is 0 Å². The summed E-state index contributed by atoms with van der Waals surface area (Å²) in [5.41, 5.74) is -0.798. The largest absolute Gasteiger partial charge is 0.491 e. The van der Waals surface area contributed by atoms with Crippen LogP contribution in [0.4, 0.5) is 0 Å². The molecule has 1 unspecified atom stereocenters. The van der Waals surface area contributed by atoms with Crippen LogP contribution in [-0.4, -0.2) is 35.3 Å². The van der Waals surface area contributed by atoms with Gasteiger partial charge in [0.25, 0.3) is 0 Å². The Balaban J connectivity index is 1.51. The van der Waals surface area contributed by atoms with Gasteiger partial charge in [-0.1, -0.05) is 24.6 Å². The molecule has 0 bridgehead atoms. The maximum absolute atomic E-state index is 10.9. The van der Waals surface area contributed by atoms with E-state index in [0.29, 0.717) is 23.8 Å². The van der Waals surface area contributed by atoms with Crippen LogP contribution in [0.2, 0.25) is 5.02 Å². The van der Waals surface area contributed by atoms with E-state index in [2.05, 4.69) is 24.0 Å². The highest BCUT2D eigenvalue weighted by atomic mass is 35.5. The Morgan fingerprint density at radius 2 is 2.04 bits per heavy atom. The summed E-state index contributed by atoms with van der Waals surface area (Å²) in [7, 11) is 0. The van der Waals surface area contributed by atoms with Gasteiger partial charge in [-0.15, -0.1) is 0 Å². The molecule has 0 spiro atoms. The number of nitrogens with zero attached hydrogens (tertiary/aromatic N) is 1. The molecule has 26 heavy (non-hydrogen) atoms. The number of hydrogen-bond donors (Lipinski definition) is 1. The molecular formula is C21H28ClNO3. The second-order valence-electron chi connectivity index (χ2n) is 7.22. The SMILES string of the molecule is CCCc1ccc(CN2CCCC(O)(COc3cccc(Cl)c3)CC2)o1. The van der Waals surface area contributed by atoms with Crippen molar-refractivity contribution in [2.75, 3.05) is 19.7 Å². The Hall–Kier alpha value is -1.49. The van der Waals surface area contributed by atoms with Gasteiger partial charge in [0, 0.05) is 18.0 Å². The van der Waals surface area contributed by atoms with Crippen molar-refractivity contribution >= 4 is 11.6 Å². The van der Waals surface area contributed by atoms with E-state index >= 15 is 0 Å². The number of hydrogen-bond acceptors (Lipinski definition) is 4. The van der Waals surface area contributed by atoms with Gasteiger partial charge in [-0.25, -0.2) is 0 Å². The molecule has 1 atom stereocenters. The van der Waals surface area contributed by atoms with Crippen molar-refractivity contribution < 1.29 is 14.3 Å². The number of halogens is 1. The van der Waals surface area contributed by atoms with E-state index in [-0.39, 0.29) is 0 Å². The number of aryl methyl sites for hydroxylation is 1. The van der Waals surface area contributed by atoms with Gasteiger partial charge in [0.15, 0.2) is 0 Å². The quantitative estimate of drug-likeness (QED) is 0.760. The standard InChI is InChI=1S/C21H28ClNO3/c1-2-5-18-8-9-20(26-18)15-23-12-4-10-21(24,11-13-23)16-25-19-7-3-6-17(22)14-19/h3,6-9,14,24H,2,4-5,10-13,15-16H2,1H3. The molecule has 1 aliphatic rings. The minimum atomic E-state index is -0.798. The van der Waals surface area contributed by atoms with Crippen molar-refractivity contribution in [3.63, 3.8) is 0 Å². The molecule has 1 aromatic carbocycles.